The van der Waals surface area contributed by atoms with Gasteiger partial charge in [-0.2, -0.15) is 0 Å². The van der Waals surface area contributed by atoms with E-state index in [1.807, 2.05) is 36.7 Å². The van der Waals surface area contributed by atoms with Gasteiger partial charge in [0.15, 0.2) is 0 Å². The minimum atomic E-state index is 0.0484. The highest BCUT2D eigenvalue weighted by atomic mass is 35.5. The van der Waals surface area contributed by atoms with Crippen LogP contribution in [-0.2, 0) is 0 Å². The standard InChI is InChI=1S/C14H16ClNO2S/c1-16-14(13-7-10(18-3)8-19-13)11-5-4-9(17-2)6-12(11)15/h4-8,14,16H,1-3H3. The molecule has 1 aromatic carbocycles. The molecule has 0 bridgehead atoms. The summed E-state index contributed by atoms with van der Waals surface area (Å²) in [5.74, 6) is 1.62. The molecule has 102 valence electrons. The molecule has 0 spiro atoms. The van der Waals surface area contributed by atoms with Gasteiger partial charge < -0.3 is 14.8 Å². The summed E-state index contributed by atoms with van der Waals surface area (Å²) in [6.45, 7) is 0. The Balaban J connectivity index is 2.36. The highest BCUT2D eigenvalue weighted by Crippen LogP contribution is 2.35. The Hall–Kier alpha value is -1.23. The molecule has 2 aromatic rings. The van der Waals surface area contributed by atoms with E-state index < -0.39 is 0 Å². The number of ether oxygens (including phenoxy) is 2. The van der Waals surface area contributed by atoms with Gasteiger partial charge in [0.2, 0.25) is 0 Å². The van der Waals surface area contributed by atoms with E-state index in [2.05, 4.69) is 5.32 Å². The molecule has 1 N–H and O–H groups in total. The molecule has 0 aliphatic rings. The van der Waals surface area contributed by atoms with Crippen molar-refractivity contribution < 1.29 is 9.47 Å². The minimum Gasteiger partial charge on any atom is -0.497 e. The maximum absolute atomic E-state index is 6.33. The van der Waals surface area contributed by atoms with Gasteiger partial charge in [0.25, 0.3) is 0 Å². The third-order valence-electron chi connectivity index (χ3n) is 2.92. The van der Waals surface area contributed by atoms with Gasteiger partial charge in [-0.05, 0) is 30.8 Å². The predicted molar refractivity (Wildman–Crippen MR) is 79.8 cm³/mol. The number of methoxy groups -OCH3 is 2. The van der Waals surface area contributed by atoms with Gasteiger partial charge in [0.05, 0.1) is 20.3 Å². The van der Waals surface area contributed by atoms with Gasteiger partial charge in [-0.1, -0.05) is 17.7 Å². The van der Waals surface area contributed by atoms with E-state index in [-0.39, 0.29) is 6.04 Å². The van der Waals surface area contributed by atoms with E-state index in [0.29, 0.717) is 5.02 Å². The van der Waals surface area contributed by atoms with Crippen molar-refractivity contribution in [1.82, 2.24) is 5.32 Å². The molecule has 1 unspecified atom stereocenters. The summed E-state index contributed by atoms with van der Waals surface area (Å²) in [4.78, 5) is 1.16. The Kier molecular flexibility index (Phi) is 4.69. The van der Waals surface area contributed by atoms with E-state index in [1.165, 1.54) is 0 Å². The van der Waals surface area contributed by atoms with Gasteiger partial charge in [0, 0.05) is 15.3 Å². The second kappa shape index (κ2) is 6.28. The molecule has 19 heavy (non-hydrogen) atoms. The average Bonchev–Trinajstić information content (AvgIpc) is 2.90. The Morgan fingerprint density at radius 3 is 2.42 bits per heavy atom. The first-order valence-corrected chi connectivity index (χ1v) is 7.08. The molecule has 0 fully saturated rings. The third kappa shape index (κ3) is 3.03. The minimum absolute atomic E-state index is 0.0484. The highest BCUT2D eigenvalue weighted by molar-refractivity contribution is 7.10. The fourth-order valence-electron chi connectivity index (χ4n) is 1.91. The maximum atomic E-state index is 6.33. The molecule has 0 saturated heterocycles. The summed E-state index contributed by atoms with van der Waals surface area (Å²) in [6.07, 6.45) is 0. The zero-order valence-electron chi connectivity index (χ0n) is 11.1. The van der Waals surface area contributed by atoms with Crippen LogP contribution in [0.3, 0.4) is 0 Å². The Morgan fingerprint density at radius 1 is 1.16 bits per heavy atom. The van der Waals surface area contributed by atoms with Crippen molar-refractivity contribution >= 4 is 22.9 Å². The van der Waals surface area contributed by atoms with Gasteiger partial charge in [-0.3, -0.25) is 0 Å². The molecule has 0 saturated carbocycles. The zero-order chi connectivity index (χ0) is 13.8. The summed E-state index contributed by atoms with van der Waals surface area (Å²) in [7, 11) is 5.21. The van der Waals surface area contributed by atoms with Crippen LogP contribution in [0.15, 0.2) is 29.6 Å². The smallest absolute Gasteiger partial charge is 0.129 e. The molecule has 0 radical (unpaired) electrons. The van der Waals surface area contributed by atoms with E-state index in [4.69, 9.17) is 21.1 Å². The van der Waals surface area contributed by atoms with Crippen molar-refractivity contribution in [3.63, 3.8) is 0 Å². The highest BCUT2D eigenvalue weighted by Gasteiger charge is 2.17. The first-order valence-electron chi connectivity index (χ1n) is 5.82. The molecule has 5 heteroatoms. The average molecular weight is 298 g/mol. The van der Waals surface area contributed by atoms with Crippen LogP contribution in [0, 0.1) is 0 Å². The number of thiophene rings is 1. The number of hydrogen-bond donors (Lipinski definition) is 1. The van der Waals surface area contributed by atoms with Gasteiger partial charge in [-0.25, -0.2) is 0 Å². The van der Waals surface area contributed by atoms with Crippen molar-refractivity contribution in [3.05, 3.63) is 45.1 Å². The van der Waals surface area contributed by atoms with E-state index in [0.717, 1.165) is 21.9 Å². The summed E-state index contributed by atoms with van der Waals surface area (Å²) in [6, 6.07) is 7.79. The Bertz CT molecular complexity index is 556. The molecule has 1 heterocycles. The lowest BCUT2D eigenvalue weighted by Gasteiger charge is -2.17. The fourth-order valence-corrected chi connectivity index (χ4v) is 3.17. The fraction of sp³-hybridized carbons (Fsp3) is 0.286. The summed E-state index contributed by atoms with van der Waals surface area (Å²) < 4.78 is 10.4. The predicted octanol–water partition coefficient (Wildman–Crippen LogP) is 3.73. The normalized spacial score (nSPS) is 12.2. The second-order valence-corrected chi connectivity index (χ2v) is 5.35. The maximum Gasteiger partial charge on any atom is 0.129 e. The van der Waals surface area contributed by atoms with Gasteiger partial charge in [-0.15, -0.1) is 11.3 Å². The molecule has 1 atom stereocenters. The summed E-state index contributed by atoms with van der Waals surface area (Å²) in [5, 5.41) is 5.95. The summed E-state index contributed by atoms with van der Waals surface area (Å²) in [5.41, 5.74) is 1.02. The van der Waals surface area contributed by atoms with E-state index >= 15 is 0 Å². The topological polar surface area (TPSA) is 30.5 Å². The molecule has 3 nitrogen and oxygen atoms in total. The van der Waals surface area contributed by atoms with E-state index in [9.17, 15) is 0 Å². The van der Waals surface area contributed by atoms with Crippen LogP contribution >= 0.6 is 22.9 Å². The first-order chi connectivity index (χ1) is 9.19. The lowest BCUT2D eigenvalue weighted by atomic mass is 10.1. The molecule has 1 aromatic heterocycles. The third-order valence-corrected chi connectivity index (χ3v) is 4.23. The lowest BCUT2D eigenvalue weighted by molar-refractivity contribution is 0.414. The quantitative estimate of drug-likeness (QED) is 0.912. The van der Waals surface area contributed by atoms with Crippen LogP contribution in [0.1, 0.15) is 16.5 Å². The number of benzene rings is 1. The molecule has 0 aliphatic heterocycles. The molecule has 0 amide bonds. The van der Waals surface area contributed by atoms with Crippen LogP contribution in [0.4, 0.5) is 0 Å². The number of rotatable bonds is 5. The first kappa shape index (κ1) is 14.2. The van der Waals surface area contributed by atoms with Crippen molar-refractivity contribution in [1.29, 1.82) is 0 Å². The number of halogens is 1. The SMILES string of the molecule is CNC(c1cc(OC)cs1)c1ccc(OC)cc1Cl. The molecular weight excluding hydrogens is 282 g/mol. The number of nitrogens with one attached hydrogen (secondary N) is 1. The van der Waals surface area contributed by atoms with Crippen LogP contribution in [0.25, 0.3) is 0 Å². The van der Waals surface area contributed by atoms with Crippen LogP contribution in [0.2, 0.25) is 5.02 Å². The Labute approximate surface area is 122 Å². The molecule has 2 rings (SSSR count). The van der Waals surface area contributed by atoms with Gasteiger partial charge in [0.1, 0.15) is 11.5 Å². The molecular formula is C14H16ClNO2S. The van der Waals surface area contributed by atoms with Crippen LogP contribution < -0.4 is 14.8 Å². The lowest BCUT2D eigenvalue weighted by Crippen LogP contribution is -2.16. The Morgan fingerprint density at radius 2 is 1.89 bits per heavy atom. The van der Waals surface area contributed by atoms with Crippen molar-refractivity contribution in [2.75, 3.05) is 21.3 Å². The van der Waals surface area contributed by atoms with Crippen LogP contribution in [-0.4, -0.2) is 21.3 Å². The van der Waals surface area contributed by atoms with Crippen molar-refractivity contribution in [2.45, 2.75) is 6.04 Å². The van der Waals surface area contributed by atoms with Crippen LogP contribution in [0.5, 0.6) is 11.5 Å². The van der Waals surface area contributed by atoms with Crippen molar-refractivity contribution in [3.8, 4) is 11.5 Å². The summed E-state index contributed by atoms with van der Waals surface area (Å²) >= 11 is 7.97. The zero-order valence-corrected chi connectivity index (χ0v) is 12.6. The monoisotopic (exact) mass is 297 g/mol. The largest absolute Gasteiger partial charge is 0.497 e. The van der Waals surface area contributed by atoms with Gasteiger partial charge >= 0.3 is 0 Å². The van der Waals surface area contributed by atoms with Crippen molar-refractivity contribution in [2.24, 2.45) is 0 Å². The molecule has 0 aliphatic carbocycles. The second-order valence-electron chi connectivity index (χ2n) is 4.00. The number of hydrogen-bond acceptors (Lipinski definition) is 4. The van der Waals surface area contributed by atoms with E-state index in [1.54, 1.807) is 25.6 Å².